The van der Waals surface area contributed by atoms with E-state index in [1.807, 2.05) is 13.2 Å². The zero-order valence-corrected chi connectivity index (χ0v) is 12.2. The SMILES string of the molecule is CSCC(C)C(=O)NC1(C(=O)O)CCC(C)CC1. The summed E-state index contributed by atoms with van der Waals surface area (Å²) in [5.41, 5.74) is -1.03. The smallest absolute Gasteiger partial charge is 0.329 e. The van der Waals surface area contributed by atoms with Gasteiger partial charge in [0.05, 0.1) is 0 Å². The van der Waals surface area contributed by atoms with Crippen molar-refractivity contribution >= 4 is 23.6 Å². The van der Waals surface area contributed by atoms with Crippen LogP contribution in [0.1, 0.15) is 39.5 Å². The van der Waals surface area contributed by atoms with Gasteiger partial charge in [0.1, 0.15) is 5.54 Å². The van der Waals surface area contributed by atoms with Crippen molar-refractivity contribution in [1.82, 2.24) is 5.32 Å². The van der Waals surface area contributed by atoms with E-state index in [0.717, 1.165) is 18.6 Å². The molecule has 0 aliphatic heterocycles. The minimum atomic E-state index is -1.03. The van der Waals surface area contributed by atoms with Crippen LogP contribution in [0, 0.1) is 11.8 Å². The highest BCUT2D eigenvalue weighted by Gasteiger charge is 2.42. The largest absolute Gasteiger partial charge is 0.480 e. The van der Waals surface area contributed by atoms with Gasteiger partial charge in [-0.2, -0.15) is 11.8 Å². The van der Waals surface area contributed by atoms with Crippen LogP contribution in [0.25, 0.3) is 0 Å². The fraction of sp³-hybridized carbons (Fsp3) is 0.846. The maximum Gasteiger partial charge on any atom is 0.329 e. The molecule has 0 heterocycles. The van der Waals surface area contributed by atoms with Crippen LogP contribution < -0.4 is 5.32 Å². The molecule has 0 saturated heterocycles. The second-order valence-electron chi connectivity index (χ2n) is 5.42. The Morgan fingerprint density at radius 1 is 1.44 bits per heavy atom. The molecule has 0 radical (unpaired) electrons. The molecule has 1 aliphatic rings. The Morgan fingerprint density at radius 3 is 2.44 bits per heavy atom. The minimum absolute atomic E-state index is 0.138. The first kappa shape index (κ1) is 15.3. The van der Waals surface area contributed by atoms with E-state index in [4.69, 9.17) is 0 Å². The number of nitrogens with one attached hydrogen (secondary N) is 1. The van der Waals surface area contributed by atoms with Crippen molar-refractivity contribution in [2.45, 2.75) is 45.1 Å². The lowest BCUT2D eigenvalue weighted by atomic mass is 9.77. The summed E-state index contributed by atoms with van der Waals surface area (Å²) >= 11 is 1.60. The number of aliphatic carboxylic acids is 1. The molecule has 0 aromatic carbocycles. The van der Waals surface area contributed by atoms with Gasteiger partial charge in [-0.05, 0) is 37.9 Å². The van der Waals surface area contributed by atoms with Crippen LogP contribution in [-0.2, 0) is 9.59 Å². The van der Waals surface area contributed by atoms with Crippen LogP contribution in [0.5, 0.6) is 0 Å². The number of carbonyl (C=O) groups is 2. The standard InChI is InChI=1S/C13H23NO3S/c1-9-4-6-13(7-5-9,12(16)17)14-11(15)10(2)8-18-3/h9-10H,4-8H2,1-3H3,(H,14,15)(H,16,17). The number of carboxylic acids is 1. The molecule has 1 saturated carbocycles. The number of rotatable bonds is 5. The Bertz CT molecular complexity index is 311. The molecule has 1 amide bonds. The molecule has 1 rings (SSSR count). The molecular formula is C13H23NO3S. The summed E-state index contributed by atoms with van der Waals surface area (Å²) in [5, 5.41) is 12.2. The highest BCUT2D eigenvalue weighted by molar-refractivity contribution is 7.98. The van der Waals surface area contributed by atoms with Crippen LogP contribution in [0.2, 0.25) is 0 Å². The molecule has 1 unspecified atom stereocenters. The molecule has 0 aromatic rings. The monoisotopic (exact) mass is 273 g/mol. The zero-order chi connectivity index (χ0) is 13.8. The fourth-order valence-electron chi connectivity index (χ4n) is 2.33. The van der Waals surface area contributed by atoms with Gasteiger partial charge in [0.2, 0.25) is 5.91 Å². The van der Waals surface area contributed by atoms with Gasteiger partial charge < -0.3 is 10.4 Å². The number of hydrogen-bond donors (Lipinski definition) is 2. The molecule has 1 fully saturated rings. The van der Waals surface area contributed by atoms with Crippen molar-refractivity contribution in [3.8, 4) is 0 Å². The van der Waals surface area contributed by atoms with Gasteiger partial charge in [-0.25, -0.2) is 4.79 Å². The van der Waals surface area contributed by atoms with E-state index in [1.165, 1.54) is 0 Å². The molecule has 1 aliphatic carbocycles. The molecule has 0 spiro atoms. The summed E-state index contributed by atoms with van der Waals surface area (Å²) in [5.74, 6) is 0.103. The van der Waals surface area contributed by atoms with Crippen LogP contribution in [0.15, 0.2) is 0 Å². The molecule has 104 valence electrons. The van der Waals surface area contributed by atoms with Crippen molar-refractivity contribution in [3.63, 3.8) is 0 Å². The summed E-state index contributed by atoms with van der Waals surface area (Å²) in [6.07, 6.45) is 4.76. The van der Waals surface area contributed by atoms with E-state index in [-0.39, 0.29) is 11.8 Å². The number of thioether (sulfide) groups is 1. The molecule has 18 heavy (non-hydrogen) atoms. The predicted molar refractivity (Wildman–Crippen MR) is 73.7 cm³/mol. The van der Waals surface area contributed by atoms with Crippen molar-refractivity contribution in [3.05, 3.63) is 0 Å². The van der Waals surface area contributed by atoms with Crippen molar-refractivity contribution in [1.29, 1.82) is 0 Å². The van der Waals surface area contributed by atoms with Crippen LogP contribution in [0.3, 0.4) is 0 Å². The lowest BCUT2D eigenvalue weighted by Gasteiger charge is -2.37. The third kappa shape index (κ3) is 3.64. The minimum Gasteiger partial charge on any atom is -0.480 e. The topological polar surface area (TPSA) is 66.4 Å². The van der Waals surface area contributed by atoms with Gasteiger partial charge in [-0.1, -0.05) is 13.8 Å². The maximum atomic E-state index is 12.0. The Hall–Kier alpha value is -0.710. The second kappa shape index (κ2) is 6.45. The van der Waals surface area contributed by atoms with E-state index in [2.05, 4.69) is 12.2 Å². The Labute approximate surface area is 113 Å². The highest BCUT2D eigenvalue weighted by Crippen LogP contribution is 2.32. The second-order valence-corrected chi connectivity index (χ2v) is 6.33. The molecule has 1 atom stereocenters. The predicted octanol–water partition coefficient (Wildman–Crippen LogP) is 2.14. The lowest BCUT2D eigenvalue weighted by molar-refractivity contribution is -0.150. The normalized spacial score (nSPS) is 29.6. The first-order chi connectivity index (χ1) is 8.41. The van der Waals surface area contributed by atoms with Gasteiger partial charge in [-0.15, -0.1) is 0 Å². The highest BCUT2D eigenvalue weighted by atomic mass is 32.2. The maximum absolute atomic E-state index is 12.0. The van der Waals surface area contributed by atoms with Crippen molar-refractivity contribution in [2.24, 2.45) is 11.8 Å². The molecule has 4 nitrogen and oxygen atoms in total. The summed E-state index contributed by atoms with van der Waals surface area (Å²) in [4.78, 5) is 23.5. The number of hydrogen-bond acceptors (Lipinski definition) is 3. The van der Waals surface area contributed by atoms with Gasteiger partial charge in [0.15, 0.2) is 0 Å². The van der Waals surface area contributed by atoms with E-state index < -0.39 is 11.5 Å². The Morgan fingerprint density at radius 2 is 2.00 bits per heavy atom. The Balaban J connectivity index is 2.69. The molecule has 2 N–H and O–H groups in total. The Kier molecular flexibility index (Phi) is 5.50. The average Bonchev–Trinajstić information content (AvgIpc) is 2.32. The third-order valence-electron chi connectivity index (χ3n) is 3.76. The number of amides is 1. The van der Waals surface area contributed by atoms with Gasteiger partial charge in [0.25, 0.3) is 0 Å². The van der Waals surface area contributed by atoms with E-state index in [9.17, 15) is 14.7 Å². The quantitative estimate of drug-likeness (QED) is 0.805. The fourth-order valence-corrected chi connectivity index (χ4v) is 2.98. The van der Waals surface area contributed by atoms with Crippen LogP contribution >= 0.6 is 11.8 Å². The molecular weight excluding hydrogens is 250 g/mol. The van der Waals surface area contributed by atoms with Crippen LogP contribution in [-0.4, -0.2) is 34.5 Å². The first-order valence-corrected chi connectivity index (χ1v) is 7.85. The molecule has 0 aromatic heterocycles. The van der Waals surface area contributed by atoms with Crippen molar-refractivity contribution < 1.29 is 14.7 Å². The summed E-state index contributed by atoms with van der Waals surface area (Å²) in [7, 11) is 0. The van der Waals surface area contributed by atoms with Gasteiger partial charge in [-0.3, -0.25) is 4.79 Å². The zero-order valence-electron chi connectivity index (χ0n) is 11.4. The van der Waals surface area contributed by atoms with Gasteiger partial charge in [0, 0.05) is 11.7 Å². The summed E-state index contributed by atoms with van der Waals surface area (Å²) in [6, 6.07) is 0. The first-order valence-electron chi connectivity index (χ1n) is 6.45. The number of carbonyl (C=O) groups excluding carboxylic acids is 1. The van der Waals surface area contributed by atoms with E-state index in [1.54, 1.807) is 11.8 Å². The number of carboxylic acid groups (broad SMARTS) is 1. The van der Waals surface area contributed by atoms with E-state index >= 15 is 0 Å². The molecule has 5 heteroatoms. The lowest BCUT2D eigenvalue weighted by Crippen LogP contribution is -2.57. The van der Waals surface area contributed by atoms with Crippen LogP contribution in [0.4, 0.5) is 0 Å². The van der Waals surface area contributed by atoms with Crippen molar-refractivity contribution in [2.75, 3.05) is 12.0 Å². The summed E-state index contributed by atoms with van der Waals surface area (Å²) in [6.45, 7) is 3.97. The third-order valence-corrected chi connectivity index (χ3v) is 4.60. The molecule has 0 bridgehead atoms. The average molecular weight is 273 g/mol. The van der Waals surface area contributed by atoms with Gasteiger partial charge >= 0.3 is 5.97 Å². The summed E-state index contributed by atoms with van der Waals surface area (Å²) < 4.78 is 0. The van der Waals surface area contributed by atoms with E-state index in [0.29, 0.717) is 18.8 Å².